The largest absolute Gasteiger partial charge is 0.481 e. The van der Waals surface area contributed by atoms with Crippen molar-refractivity contribution in [2.45, 2.75) is 19.4 Å². The zero-order valence-corrected chi connectivity index (χ0v) is 9.48. The van der Waals surface area contributed by atoms with Crippen molar-refractivity contribution in [1.82, 2.24) is 0 Å². The lowest BCUT2D eigenvalue weighted by Crippen LogP contribution is -2.14. The number of halogens is 1. The van der Waals surface area contributed by atoms with E-state index in [0.29, 0.717) is 0 Å². The second-order valence-electron chi connectivity index (χ2n) is 2.77. The maximum Gasteiger partial charge on any atom is 0.305 e. The average Bonchev–Trinajstić information content (AvgIpc) is 2.28. The molecule has 0 aliphatic carbocycles. The quantitative estimate of drug-likeness (QED) is 0.880. The lowest BCUT2D eigenvalue weighted by molar-refractivity contribution is -0.137. The van der Waals surface area contributed by atoms with Gasteiger partial charge in [-0.25, -0.2) is 0 Å². The van der Waals surface area contributed by atoms with Gasteiger partial charge in [0.05, 0.1) is 10.2 Å². The molecule has 3 nitrogen and oxygen atoms in total. The minimum atomic E-state index is -0.866. The number of hydrogen-bond acceptors (Lipinski definition) is 3. The zero-order valence-electron chi connectivity index (χ0n) is 7.08. The summed E-state index contributed by atoms with van der Waals surface area (Å²) in [4.78, 5) is 11.5. The van der Waals surface area contributed by atoms with Crippen molar-refractivity contribution >= 4 is 33.2 Å². The molecule has 0 bridgehead atoms. The van der Waals surface area contributed by atoms with E-state index in [0.717, 1.165) is 14.2 Å². The van der Waals surface area contributed by atoms with E-state index in [-0.39, 0.29) is 6.42 Å². The van der Waals surface area contributed by atoms with Gasteiger partial charge in [-0.2, -0.15) is 0 Å². The summed E-state index contributed by atoms with van der Waals surface area (Å²) in [7, 11) is 0. The summed E-state index contributed by atoms with van der Waals surface area (Å²) < 4.78 is 0.987. The minimum Gasteiger partial charge on any atom is -0.481 e. The predicted octanol–water partition coefficient (Wildman–Crippen LogP) is 2.29. The van der Waals surface area contributed by atoms with Crippen molar-refractivity contribution in [3.63, 3.8) is 0 Å². The highest BCUT2D eigenvalue weighted by atomic mass is 79.9. The first-order valence-corrected chi connectivity index (χ1v) is 5.35. The highest BCUT2D eigenvalue weighted by Crippen LogP contribution is 2.30. The summed E-state index contributed by atoms with van der Waals surface area (Å²) >= 11 is 4.90. The molecule has 0 saturated carbocycles. The molecule has 0 radical (unpaired) electrons. The average molecular weight is 264 g/mol. The predicted molar refractivity (Wildman–Crippen MR) is 55.9 cm³/mol. The van der Waals surface area contributed by atoms with Gasteiger partial charge in [-0.3, -0.25) is 4.79 Å². The van der Waals surface area contributed by atoms with Crippen LogP contribution in [0.4, 0.5) is 0 Å². The third kappa shape index (κ3) is 2.79. The molecular weight excluding hydrogens is 254 g/mol. The maximum atomic E-state index is 10.4. The number of rotatable bonds is 3. The van der Waals surface area contributed by atoms with Crippen LogP contribution in [0.15, 0.2) is 9.85 Å². The number of aliphatic carboxylic acids is 1. The molecule has 0 amide bonds. The Balaban J connectivity index is 2.81. The van der Waals surface area contributed by atoms with E-state index < -0.39 is 12.0 Å². The topological polar surface area (TPSA) is 63.3 Å². The Kier molecular flexibility index (Phi) is 3.47. The Labute approximate surface area is 88.7 Å². The van der Waals surface area contributed by atoms with Crippen LogP contribution in [-0.2, 0) is 4.79 Å². The number of nitrogens with two attached hydrogens (primary N) is 1. The molecule has 72 valence electrons. The summed E-state index contributed by atoms with van der Waals surface area (Å²) in [6.45, 7) is 1.94. The van der Waals surface area contributed by atoms with Gasteiger partial charge in [-0.05, 0) is 34.5 Å². The smallest absolute Gasteiger partial charge is 0.305 e. The van der Waals surface area contributed by atoms with Crippen LogP contribution >= 0.6 is 27.3 Å². The number of thiophene rings is 1. The summed E-state index contributed by atoms with van der Waals surface area (Å²) in [5.74, 6) is -0.866. The van der Waals surface area contributed by atoms with Gasteiger partial charge in [-0.15, -0.1) is 11.3 Å². The Bertz CT molecular complexity index is 324. The van der Waals surface area contributed by atoms with E-state index in [4.69, 9.17) is 10.8 Å². The van der Waals surface area contributed by atoms with Crippen LogP contribution in [0.1, 0.15) is 22.9 Å². The lowest BCUT2D eigenvalue weighted by atomic mass is 10.1. The fourth-order valence-corrected chi connectivity index (χ4v) is 2.91. The fraction of sp³-hybridized carbons (Fsp3) is 0.375. The van der Waals surface area contributed by atoms with Crippen molar-refractivity contribution < 1.29 is 9.90 Å². The van der Waals surface area contributed by atoms with Crippen LogP contribution in [0.2, 0.25) is 0 Å². The first kappa shape index (κ1) is 10.7. The van der Waals surface area contributed by atoms with Crippen molar-refractivity contribution in [2.24, 2.45) is 5.73 Å². The van der Waals surface area contributed by atoms with Crippen LogP contribution in [0, 0.1) is 6.92 Å². The van der Waals surface area contributed by atoms with E-state index in [9.17, 15) is 4.79 Å². The molecule has 1 unspecified atom stereocenters. The Morgan fingerprint density at radius 1 is 1.85 bits per heavy atom. The SMILES string of the molecule is Cc1sc(Br)cc1C(N)CC(=O)O. The highest BCUT2D eigenvalue weighted by Gasteiger charge is 2.14. The van der Waals surface area contributed by atoms with Crippen LogP contribution in [0.3, 0.4) is 0 Å². The van der Waals surface area contributed by atoms with Crippen LogP contribution in [0.25, 0.3) is 0 Å². The molecule has 3 N–H and O–H groups in total. The van der Waals surface area contributed by atoms with Gasteiger partial charge in [0.1, 0.15) is 0 Å². The van der Waals surface area contributed by atoms with Crippen molar-refractivity contribution in [3.8, 4) is 0 Å². The van der Waals surface area contributed by atoms with Crippen LogP contribution in [-0.4, -0.2) is 11.1 Å². The molecule has 0 aliphatic heterocycles. The third-order valence-corrected chi connectivity index (χ3v) is 3.29. The summed E-state index contributed by atoms with van der Waals surface area (Å²) in [6.07, 6.45) is -0.0238. The summed E-state index contributed by atoms with van der Waals surface area (Å²) in [6, 6.07) is 1.48. The van der Waals surface area contributed by atoms with Crippen molar-refractivity contribution in [1.29, 1.82) is 0 Å². The van der Waals surface area contributed by atoms with E-state index in [1.54, 1.807) is 11.3 Å². The van der Waals surface area contributed by atoms with Gasteiger partial charge < -0.3 is 10.8 Å². The van der Waals surface area contributed by atoms with Gasteiger partial charge in [0, 0.05) is 10.9 Å². The molecule has 1 rings (SSSR count). The van der Waals surface area contributed by atoms with E-state index in [1.807, 2.05) is 13.0 Å². The second kappa shape index (κ2) is 4.21. The number of carboxylic acid groups (broad SMARTS) is 1. The van der Waals surface area contributed by atoms with Gasteiger partial charge in [-0.1, -0.05) is 0 Å². The normalized spacial score (nSPS) is 12.8. The Hall–Kier alpha value is -0.390. The third-order valence-electron chi connectivity index (χ3n) is 1.72. The molecule has 0 aliphatic rings. The van der Waals surface area contributed by atoms with Crippen molar-refractivity contribution in [3.05, 3.63) is 20.3 Å². The first-order chi connectivity index (χ1) is 6.00. The molecule has 0 fully saturated rings. The first-order valence-electron chi connectivity index (χ1n) is 3.74. The van der Waals surface area contributed by atoms with Crippen LogP contribution < -0.4 is 5.73 Å². The standard InChI is InChI=1S/C8H10BrNO2S/c1-4-5(2-7(9)13-4)6(10)3-8(11)12/h2,6H,3,10H2,1H3,(H,11,12). The molecular formula is C8H10BrNO2S. The molecule has 0 spiro atoms. The Morgan fingerprint density at radius 3 is 2.85 bits per heavy atom. The van der Waals surface area contributed by atoms with Gasteiger partial charge in [0.15, 0.2) is 0 Å². The summed E-state index contributed by atoms with van der Waals surface area (Å²) in [5.41, 5.74) is 6.63. The lowest BCUT2D eigenvalue weighted by Gasteiger charge is -2.07. The summed E-state index contributed by atoms with van der Waals surface area (Å²) in [5, 5.41) is 8.55. The van der Waals surface area contributed by atoms with Gasteiger partial charge >= 0.3 is 5.97 Å². The fourth-order valence-electron chi connectivity index (χ4n) is 1.12. The van der Waals surface area contributed by atoms with Crippen LogP contribution in [0.5, 0.6) is 0 Å². The number of carboxylic acids is 1. The van der Waals surface area contributed by atoms with Gasteiger partial charge in [0.2, 0.25) is 0 Å². The Morgan fingerprint density at radius 2 is 2.46 bits per heavy atom. The molecule has 0 saturated heterocycles. The molecule has 5 heteroatoms. The molecule has 1 aromatic heterocycles. The second-order valence-corrected chi connectivity index (χ2v) is 5.40. The number of carbonyl (C=O) groups is 1. The van der Waals surface area contributed by atoms with E-state index in [2.05, 4.69) is 15.9 Å². The van der Waals surface area contributed by atoms with Gasteiger partial charge in [0.25, 0.3) is 0 Å². The molecule has 13 heavy (non-hydrogen) atoms. The zero-order chi connectivity index (χ0) is 10.0. The van der Waals surface area contributed by atoms with Crippen molar-refractivity contribution in [2.75, 3.05) is 0 Å². The van der Waals surface area contributed by atoms with E-state index in [1.165, 1.54) is 0 Å². The monoisotopic (exact) mass is 263 g/mol. The number of hydrogen-bond donors (Lipinski definition) is 2. The molecule has 1 heterocycles. The molecule has 0 aromatic carbocycles. The van der Waals surface area contributed by atoms with E-state index >= 15 is 0 Å². The molecule has 1 atom stereocenters. The maximum absolute atomic E-state index is 10.4. The molecule has 1 aromatic rings. The number of aryl methyl sites for hydroxylation is 1. The highest BCUT2D eigenvalue weighted by molar-refractivity contribution is 9.11. The minimum absolute atomic E-state index is 0.0238.